The number of ether oxygens (including phenoxy) is 1. The van der Waals surface area contributed by atoms with E-state index in [1.54, 1.807) is 12.0 Å². The largest absolute Gasteiger partial charge is 0.497 e. The number of carbonyl (C=O) groups is 1. The van der Waals surface area contributed by atoms with Crippen LogP contribution in [0, 0.1) is 0 Å². The van der Waals surface area contributed by atoms with Gasteiger partial charge in [0.2, 0.25) is 11.7 Å². The van der Waals surface area contributed by atoms with Crippen molar-refractivity contribution in [2.24, 2.45) is 0 Å². The molecule has 1 fully saturated rings. The predicted molar refractivity (Wildman–Crippen MR) is 114 cm³/mol. The molecule has 2 heterocycles. The lowest BCUT2D eigenvalue weighted by molar-refractivity contribution is 0.142. The Morgan fingerprint density at radius 1 is 1.20 bits per heavy atom. The van der Waals surface area contributed by atoms with Gasteiger partial charge in [0, 0.05) is 17.8 Å². The Morgan fingerprint density at radius 2 is 2.00 bits per heavy atom. The van der Waals surface area contributed by atoms with Crippen LogP contribution in [0.5, 0.6) is 5.75 Å². The number of urea groups is 1. The van der Waals surface area contributed by atoms with Crippen LogP contribution in [-0.2, 0) is 6.42 Å². The fourth-order valence-corrected chi connectivity index (χ4v) is 3.80. The summed E-state index contributed by atoms with van der Waals surface area (Å²) in [6.45, 7) is 2.73. The fraction of sp³-hybridized carbons (Fsp3) is 0.348. The van der Waals surface area contributed by atoms with Gasteiger partial charge in [-0.3, -0.25) is 0 Å². The number of likely N-dealkylation sites (tertiary alicyclic amines) is 1. The van der Waals surface area contributed by atoms with Crippen LogP contribution in [0.2, 0.25) is 0 Å². The normalized spacial score (nSPS) is 16.3. The number of aryl methyl sites for hydroxylation is 1. The number of para-hydroxylation sites is 1. The number of benzene rings is 2. The number of carbonyl (C=O) groups excluding carboxylic acids is 1. The summed E-state index contributed by atoms with van der Waals surface area (Å²) >= 11 is 0. The third kappa shape index (κ3) is 4.15. The Hall–Kier alpha value is -3.35. The van der Waals surface area contributed by atoms with Crippen molar-refractivity contribution in [3.8, 4) is 17.1 Å². The number of piperidine rings is 1. The Labute approximate surface area is 176 Å². The smallest absolute Gasteiger partial charge is 0.322 e. The summed E-state index contributed by atoms with van der Waals surface area (Å²) in [5.74, 6) is 1.75. The van der Waals surface area contributed by atoms with Crippen LogP contribution in [0.4, 0.5) is 10.5 Å². The number of hydrogen-bond donors (Lipinski definition) is 1. The summed E-state index contributed by atoms with van der Waals surface area (Å²) < 4.78 is 10.8. The third-order valence-electron chi connectivity index (χ3n) is 5.48. The van der Waals surface area contributed by atoms with Gasteiger partial charge in [0.25, 0.3) is 0 Å². The second-order valence-corrected chi connectivity index (χ2v) is 7.33. The maximum absolute atomic E-state index is 13.1. The Bertz CT molecular complexity index is 1000. The van der Waals surface area contributed by atoms with E-state index in [0.717, 1.165) is 48.2 Å². The molecule has 1 saturated heterocycles. The van der Waals surface area contributed by atoms with Crippen LogP contribution in [0.15, 0.2) is 53.1 Å². The van der Waals surface area contributed by atoms with Gasteiger partial charge < -0.3 is 19.5 Å². The van der Waals surface area contributed by atoms with Crippen molar-refractivity contribution in [2.75, 3.05) is 19.0 Å². The first-order valence-corrected chi connectivity index (χ1v) is 10.3. The molecule has 1 N–H and O–H groups in total. The van der Waals surface area contributed by atoms with Crippen molar-refractivity contribution in [3.05, 3.63) is 60.0 Å². The van der Waals surface area contributed by atoms with E-state index in [4.69, 9.17) is 9.26 Å². The molecule has 0 radical (unpaired) electrons. The average Bonchev–Trinajstić information content (AvgIpc) is 3.29. The predicted octanol–water partition coefficient (Wildman–Crippen LogP) is 5.07. The number of rotatable bonds is 5. The van der Waals surface area contributed by atoms with Gasteiger partial charge in [0.1, 0.15) is 11.8 Å². The SMILES string of the molecule is CCc1ccccc1NC(=O)N1CCCC[C@H]1c1nc(-c2ccc(OC)cc2)no1. The van der Waals surface area contributed by atoms with Gasteiger partial charge >= 0.3 is 6.03 Å². The van der Waals surface area contributed by atoms with Crippen LogP contribution in [0.25, 0.3) is 11.4 Å². The molecule has 7 nitrogen and oxygen atoms in total. The van der Waals surface area contributed by atoms with E-state index in [1.807, 2.05) is 48.5 Å². The van der Waals surface area contributed by atoms with Crippen LogP contribution in [0.3, 0.4) is 0 Å². The lowest BCUT2D eigenvalue weighted by Crippen LogP contribution is -2.41. The molecule has 4 rings (SSSR count). The average molecular weight is 406 g/mol. The van der Waals surface area contributed by atoms with Gasteiger partial charge in [-0.15, -0.1) is 0 Å². The quantitative estimate of drug-likeness (QED) is 0.640. The van der Waals surface area contributed by atoms with Crippen LogP contribution in [-0.4, -0.2) is 34.7 Å². The van der Waals surface area contributed by atoms with Crippen molar-refractivity contribution in [3.63, 3.8) is 0 Å². The molecule has 1 aromatic heterocycles. The number of methoxy groups -OCH3 is 1. The van der Waals surface area contributed by atoms with E-state index >= 15 is 0 Å². The summed E-state index contributed by atoms with van der Waals surface area (Å²) in [6, 6.07) is 15.0. The van der Waals surface area contributed by atoms with Crippen LogP contribution >= 0.6 is 0 Å². The molecule has 0 spiro atoms. The molecule has 0 bridgehead atoms. The first kappa shape index (κ1) is 19.9. The van der Waals surface area contributed by atoms with E-state index in [9.17, 15) is 4.79 Å². The molecule has 3 aromatic rings. The molecule has 1 aliphatic heterocycles. The molecule has 30 heavy (non-hydrogen) atoms. The Balaban J connectivity index is 1.53. The standard InChI is InChI=1S/C23H26N4O3/c1-3-16-8-4-5-9-19(16)24-23(28)27-15-7-6-10-20(27)22-25-21(26-30-22)17-11-13-18(29-2)14-12-17/h4-5,8-9,11-14,20H,3,6-7,10,15H2,1-2H3,(H,24,28)/t20-/m0/s1. The number of nitrogens with one attached hydrogen (secondary N) is 1. The highest BCUT2D eigenvalue weighted by atomic mass is 16.5. The van der Waals surface area contributed by atoms with Crippen molar-refractivity contribution in [1.29, 1.82) is 0 Å². The summed E-state index contributed by atoms with van der Waals surface area (Å²) in [4.78, 5) is 19.5. The van der Waals surface area contributed by atoms with Crippen LogP contribution < -0.4 is 10.1 Å². The van der Waals surface area contributed by atoms with E-state index in [-0.39, 0.29) is 12.1 Å². The number of nitrogens with zero attached hydrogens (tertiary/aromatic N) is 3. The maximum atomic E-state index is 13.1. The third-order valence-corrected chi connectivity index (χ3v) is 5.48. The zero-order valence-electron chi connectivity index (χ0n) is 17.3. The number of aromatic nitrogens is 2. The van der Waals surface area contributed by atoms with Crippen molar-refractivity contribution in [2.45, 2.75) is 38.6 Å². The van der Waals surface area contributed by atoms with Gasteiger partial charge in [0.05, 0.1) is 7.11 Å². The molecule has 2 aromatic carbocycles. The minimum atomic E-state index is -0.230. The van der Waals surface area contributed by atoms with Gasteiger partial charge in [-0.2, -0.15) is 4.98 Å². The van der Waals surface area contributed by atoms with Gasteiger partial charge in [-0.25, -0.2) is 4.79 Å². The summed E-state index contributed by atoms with van der Waals surface area (Å²) in [6.07, 6.45) is 3.63. The minimum absolute atomic E-state index is 0.134. The summed E-state index contributed by atoms with van der Waals surface area (Å²) in [7, 11) is 1.63. The summed E-state index contributed by atoms with van der Waals surface area (Å²) in [5.41, 5.74) is 2.80. The molecule has 1 atom stereocenters. The molecular weight excluding hydrogens is 380 g/mol. The zero-order chi connectivity index (χ0) is 20.9. The molecule has 0 unspecified atom stereocenters. The van der Waals surface area contributed by atoms with E-state index in [0.29, 0.717) is 18.3 Å². The van der Waals surface area contributed by atoms with Crippen LogP contribution in [0.1, 0.15) is 43.7 Å². The van der Waals surface area contributed by atoms with Gasteiger partial charge in [0.15, 0.2) is 0 Å². The Kier molecular flexibility index (Phi) is 5.97. The molecule has 0 saturated carbocycles. The molecular formula is C23H26N4O3. The van der Waals surface area contributed by atoms with Gasteiger partial charge in [-0.1, -0.05) is 30.3 Å². The number of anilines is 1. The van der Waals surface area contributed by atoms with E-state index < -0.39 is 0 Å². The monoisotopic (exact) mass is 406 g/mol. The topological polar surface area (TPSA) is 80.5 Å². The maximum Gasteiger partial charge on any atom is 0.322 e. The second-order valence-electron chi connectivity index (χ2n) is 7.33. The van der Waals surface area contributed by atoms with Crippen molar-refractivity contribution >= 4 is 11.7 Å². The lowest BCUT2D eigenvalue weighted by Gasteiger charge is -2.33. The number of hydrogen-bond acceptors (Lipinski definition) is 5. The van der Waals surface area contributed by atoms with Gasteiger partial charge in [-0.05, 0) is 61.6 Å². The lowest BCUT2D eigenvalue weighted by atomic mass is 10.0. The first-order chi connectivity index (χ1) is 14.7. The van der Waals surface area contributed by atoms with E-state index in [2.05, 4.69) is 22.4 Å². The molecule has 0 aliphatic carbocycles. The zero-order valence-corrected chi connectivity index (χ0v) is 17.3. The minimum Gasteiger partial charge on any atom is -0.497 e. The fourth-order valence-electron chi connectivity index (χ4n) is 3.80. The summed E-state index contributed by atoms with van der Waals surface area (Å²) in [5, 5.41) is 7.20. The second kappa shape index (κ2) is 8.98. The van der Waals surface area contributed by atoms with Crippen molar-refractivity contribution < 1.29 is 14.1 Å². The first-order valence-electron chi connectivity index (χ1n) is 10.3. The molecule has 7 heteroatoms. The Morgan fingerprint density at radius 3 is 2.77 bits per heavy atom. The number of amides is 2. The highest BCUT2D eigenvalue weighted by Gasteiger charge is 2.32. The van der Waals surface area contributed by atoms with E-state index in [1.165, 1.54) is 0 Å². The molecule has 156 valence electrons. The van der Waals surface area contributed by atoms with Crippen molar-refractivity contribution in [1.82, 2.24) is 15.0 Å². The molecule has 1 aliphatic rings. The highest BCUT2D eigenvalue weighted by molar-refractivity contribution is 5.90. The molecule has 2 amide bonds. The highest BCUT2D eigenvalue weighted by Crippen LogP contribution is 2.32.